The molecule has 0 aliphatic heterocycles. The summed E-state index contributed by atoms with van der Waals surface area (Å²) in [7, 11) is 0. The second-order valence-corrected chi connectivity index (χ2v) is 6.50. The molecule has 5 heteroatoms. The number of carbonyl (C=O) groups is 1. The van der Waals surface area contributed by atoms with Crippen LogP contribution in [0, 0.1) is 17.3 Å². The number of amidine groups is 1. The van der Waals surface area contributed by atoms with Crippen molar-refractivity contribution in [3.8, 4) is 11.8 Å². The van der Waals surface area contributed by atoms with Gasteiger partial charge in [-0.25, -0.2) is 0 Å². The van der Waals surface area contributed by atoms with Gasteiger partial charge < -0.3 is 11.1 Å². The Morgan fingerprint density at radius 3 is 2.00 bits per heavy atom. The number of anilines is 1. The van der Waals surface area contributed by atoms with Gasteiger partial charge in [0.1, 0.15) is 5.84 Å². The SMILES string of the molecule is N=C(N)c1ccc(NCC#Cc2ccc(C(=O)c3ccc(Cl)cc3)cc2)cc1. The minimum atomic E-state index is -0.0492. The number of carbonyl (C=O) groups excluding carboxylic acids is 1. The molecule has 3 aromatic rings. The van der Waals surface area contributed by atoms with E-state index in [-0.39, 0.29) is 11.6 Å². The molecule has 0 saturated carbocycles. The van der Waals surface area contributed by atoms with E-state index in [9.17, 15) is 4.79 Å². The van der Waals surface area contributed by atoms with Crippen LogP contribution in [0.5, 0.6) is 0 Å². The second-order valence-electron chi connectivity index (χ2n) is 6.06. The van der Waals surface area contributed by atoms with Crippen molar-refractivity contribution in [2.24, 2.45) is 5.73 Å². The van der Waals surface area contributed by atoms with E-state index in [1.807, 2.05) is 24.3 Å². The van der Waals surface area contributed by atoms with Crippen LogP contribution in [0.3, 0.4) is 0 Å². The molecule has 138 valence electrons. The molecule has 28 heavy (non-hydrogen) atoms. The molecule has 0 fully saturated rings. The zero-order valence-electron chi connectivity index (χ0n) is 15.0. The molecule has 3 rings (SSSR count). The first-order chi connectivity index (χ1) is 13.5. The molecule has 4 nitrogen and oxygen atoms in total. The summed E-state index contributed by atoms with van der Waals surface area (Å²) in [4.78, 5) is 12.4. The van der Waals surface area contributed by atoms with Crippen LogP contribution in [0.4, 0.5) is 5.69 Å². The van der Waals surface area contributed by atoms with Gasteiger partial charge in [0.2, 0.25) is 0 Å². The third-order valence-electron chi connectivity index (χ3n) is 4.06. The quantitative estimate of drug-likeness (QED) is 0.264. The monoisotopic (exact) mass is 387 g/mol. The van der Waals surface area contributed by atoms with Gasteiger partial charge in [-0.3, -0.25) is 10.2 Å². The Labute approximate surface area is 168 Å². The zero-order chi connectivity index (χ0) is 19.9. The summed E-state index contributed by atoms with van der Waals surface area (Å²) in [6.07, 6.45) is 0. The van der Waals surface area contributed by atoms with E-state index >= 15 is 0 Å². The summed E-state index contributed by atoms with van der Waals surface area (Å²) in [6.45, 7) is 0.477. The van der Waals surface area contributed by atoms with Crippen molar-refractivity contribution in [1.29, 1.82) is 5.41 Å². The lowest BCUT2D eigenvalue weighted by Gasteiger charge is -2.03. The van der Waals surface area contributed by atoms with Crippen LogP contribution in [0.1, 0.15) is 27.0 Å². The number of nitrogens with one attached hydrogen (secondary N) is 2. The average Bonchev–Trinajstić information content (AvgIpc) is 2.72. The smallest absolute Gasteiger partial charge is 0.193 e. The second kappa shape index (κ2) is 8.90. The standard InChI is InChI=1S/C23H18ClN3O/c24-20-11-7-18(8-12-20)22(28)17-5-3-16(4-6-17)2-1-15-27-21-13-9-19(10-14-21)23(25)26/h3-14,27H,15H2,(H3,25,26). The molecule has 0 amide bonds. The minimum absolute atomic E-state index is 0.0457. The van der Waals surface area contributed by atoms with E-state index in [2.05, 4.69) is 17.2 Å². The summed E-state index contributed by atoms with van der Waals surface area (Å²) >= 11 is 5.86. The fourth-order valence-corrected chi connectivity index (χ4v) is 2.66. The van der Waals surface area contributed by atoms with E-state index in [0.29, 0.717) is 28.3 Å². The van der Waals surface area contributed by atoms with Gasteiger partial charge in [-0.15, -0.1) is 0 Å². The zero-order valence-corrected chi connectivity index (χ0v) is 15.8. The van der Waals surface area contributed by atoms with Gasteiger partial charge >= 0.3 is 0 Å². The van der Waals surface area contributed by atoms with Crippen LogP contribution in [0.15, 0.2) is 72.8 Å². The number of hydrogen-bond donors (Lipinski definition) is 3. The maximum absolute atomic E-state index is 12.4. The first-order valence-electron chi connectivity index (χ1n) is 8.60. The van der Waals surface area contributed by atoms with Gasteiger partial charge in [-0.1, -0.05) is 23.4 Å². The first kappa shape index (κ1) is 19.2. The van der Waals surface area contributed by atoms with E-state index < -0.39 is 0 Å². The average molecular weight is 388 g/mol. The molecule has 0 radical (unpaired) electrons. The minimum Gasteiger partial charge on any atom is -0.384 e. The van der Waals surface area contributed by atoms with E-state index in [1.165, 1.54) is 0 Å². The van der Waals surface area contributed by atoms with E-state index in [0.717, 1.165) is 11.3 Å². The Balaban J connectivity index is 1.58. The molecule has 0 spiro atoms. The lowest BCUT2D eigenvalue weighted by atomic mass is 10.0. The lowest BCUT2D eigenvalue weighted by Crippen LogP contribution is -2.10. The van der Waals surface area contributed by atoms with Crippen LogP contribution < -0.4 is 11.1 Å². The van der Waals surface area contributed by atoms with E-state index in [4.69, 9.17) is 22.7 Å². The van der Waals surface area contributed by atoms with Crippen molar-refractivity contribution in [1.82, 2.24) is 0 Å². The number of halogens is 1. The van der Waals surface area contributed by atoms with E-state index in [1.54, 1.807) is 48.5 Å². The van der Waals surface area contributed by atoms with Crippen molar-refractivity contribution in [2.45, 2.75) is 0 Å². The molecule has 0 unspecified atom stereocenters. The van der Waals surface area contributed by atoms with Gasteiger partial charge in [0.25, 0.3) is 0 Å². The molecule has 0 saturated heterocycles. The predicted molar refractivity (Wildman–Crippen MR) is 114 cm³/mol. The van der Waals surface area contributed by atoms with Crippen LogP contribution >= 0.6 is 11.6 Å². The van der Waals surface area contributed by atoms with Crippen LogP contribution in [0.2, 0.25) is 5.02 Å². The number of ketones is 1. The van der Waals surface area contributed by atoms with Crippen LogP contribution in [-0.4, -0.2) is 18.2 Å². The van der Waals surface area contributed by atoms with Gasteiger partial charge in [0.05, 0.1) is 6.54 Å². The molecule has 4 N–H and O–H groups in total. The number of hydrogen-bond acceptors (Lipinski definition) is 3. The third-order valence-corrected chi connectivity index (χ3v) is 4.32. The normalized spacial score (nSPS) is 9.89. The van der Waals surface area contributed by atoms with Gasteiger partial charge in [-0.2, -0.15) is 0 Å². The van der Waals surface area contributed by atoms with Crippen molar-refractivity contribution in [3.63, 3.8) is 0 Å². The Bertz CT molecular complexity index is 1040. The van der Waals surface area contributed by atoms with Gasteiger partial charge in [0, 0.05) is 33.0 Å². The Morgan fingerprint density at radius 1 is 0.893 bits per heavy atom. The molecule has 0 aromatic heterocycles. The fourth-order valence-electron chi connectivity index (χ4n) is 2.53. The van der Waals surface area contributed by atoms with Crippen molar-refractivity contribution in [2.75, 3.05) is 11.9 Å². The van der Waals surface area contributed by atoms with Gasteiger partial charge in [-0.05, 0) is 72.8 Å². The van der Waals surface area contributed by atoms with Crippen molar-refractivity contribution >= 4 is 28.9 Å². The highest BCUT2D eigenvalue weighted by Crippen LogP contribution is 2.14. The Hall–Kier alpha value is -3.55. The highest BCUT2D eigenvalue weighted by molar-refractivity contribution is 6.30. The van der Waals surface area contributed by atoms with Crippen LogP contribution in [0.25, 0.3) is 0 Å². The van der Waals surface area contributed by atoms with Crippen molar-refractivity contribution in [3.05, 3.63) is 100 Å². The fraction of sp³-hybridized carbons (Fsp3) is 0.0435. The van der Waals surface area contributed by atoms with Crippen molar-refractivity contribution < 1.29 is 4.79 Å². The maximum Gasteiger partial charge on any atom is 0.193 e. The molecule has 3 aromatic carbocycles. The number of nitrogen functional groups attached to an aromatic ring is 1. The molecule has 0 bridgehead atoms. The molecule has 0 aliphatic rings. The van der Waals surface area contributed by atoms with Gasteiger partial charge in [0.15, 0.2) is 5.78 Å². The highest BCUT2D eigenvalue weighted by Gasteiger charge is 2.08. The summed E-state index contributed by atoms with van der Waals surface area (Å²) in [6, 6.07) is 21.3. The summed E-state index contributed by atoms with van der Waals surface area (Å²) in [5.41, 5.74) is 9.07. The topological polar surface area (TPSA) is 79.0 Å². The summed E-state index contributed by atoms with van der Waals surface area (Å²) < 4.78 is 0. The maximum atomic E-state index is 12.4. The Kier molecular flexibility index (Phi) is 6.11. The first-order valence-corrected chi connectivity index (χ1v) is 8.98. The largest absolute Gasteiger partial charge is 0.384 e. The molecular formula is C23H18ClN3O. The third kappa shape index (κ3) is 5.00. The molecule has 0 heterocycles. The molecular weight excluding hydrogens is 370 g/mol. The number of nitrogens with two attached hydrogens (primary N) is 1. The summed E-state index contributed by atoms with van der Waals surface area (Å²) in [5, 5.41) is 11.2. The Morgan fingerprint density at radius 2 is 1.43 bits per heavy atom. The highest BCUT2D eigenvalue weighted by atomic mass is 35.5. The molecule has 0 aliphatic carbocycles. The lowest BCUT2D eigenvalue weighted by molar-refractivity contribution is 0.103. The van der Waals surface area contributed by atoms with Crippen LogP contribution in [-0.2, 0) is 0 Å². The number of rotatable bonds is 5. The number of benzene rings is 3. The predicted octanol–water partition coefficient (Wildman–Crippen LogP) is 4.32. The molecule has 0 atom stereocenters. The summed E-state index contributed by atoms with van der Waals surface area (Å²) in [5.74, 6) is 6.11.